The molecular formula is C16H10Cl4N4O5. The summed E-state index contributed by atoms with van der Waals surface area (Å²) in [7, 11) is 2.42. The minimum Gasteiger partial charge on any atom is -0.384 e. The number of carbonyl (C=O) groups excluding carboxylic acids is 3. The smallest absolute Gasteiger partial charge is 0.332 e. The molecule has 1 aliphatic rings. The van der Waals surface area contributed by atoms with E-state index in [0.29, 0.717) is 9.47 Å². The summed E-state index contributed by atoms with van der Waals surface area (Å²) in [6.07, 6.45) is 0. The van der Waals surface area contributed by atoms with Crippen molar-refractivity contribution >= 4 is 69.8 Å². The first-order chi connectivity index (χ1) is 13.4. The van der Waals surface area contributed by atoms with E-state index in [0.717, 1.165) is 11.6 Å². The number of benzene rings is 1. The van der Waals surface area contributed by atoms with Crippen LogP contribution in [0.2, 0.25) is 20.1 Å². The highest BCUT2D eigenvalue weighted by molar-refractivity contribution is 6.55. The lowest BCUT2D eigenvalue weighted by atomic mass is 10.1. The van der Waals surface area contributed by atoms with Gasteiger partial charge in [0.25, 0.3) is 17.4 Å². The van der Waals surface area contributed by atoms with Crippen molar-refractivity contribution in [3.05, 3.63) is 57.6 Å². The highest BCUT2D eigenvalue weighted by Gasteiger charge is 2.42. The predicted molar refractivity (Wildman–Crippen MR) is 108 cm³/mol. The minimum atomic E-state index is -0.964. The average Bonchev–Trinajstić information content (AvgIpc) is 2.92. The van der Waals surface area contributed by atoms with Gasteiger partial charge in [0.15, 0.2) is 5.78 Å². The monoisotopic (exact) mass is 478 g/mol. The van der Waals surface area contributed by atoms with Crippen LogP contribution in [0.1, 0.15) is 31.1 Å². The number of rotatable bonds is 3. The number of anilines is 1. The Bertz CT molecular complexity index is 1220. The predicted octanol–water partition coefficient (Wildman–Crippen LogP) is 1.76. The summed E-state index contributed by atoms with van der Waals surface area (Å²) in [4.78, 5) is 62.9. The van der Waals surface area contributed by atoms with Crippen molar-refractivity contribution in [1.82, 2.24) is 14.0 Å². The third-order valence-corrected chi connectivity index (χ3v) is 6.28. The van der Waals surface area contributed by atoms with Crippen molar-refractivity contribution < 1.29 is 14.4 Å². The van der Waals surface area contributed by atoms with Gasteiger partial charge < -0.3 is 5.73 Å². The normalized spacial score (nSPS) is 13.2. The van der Waals surface area contributed by atoms with Crippen LogP contribution < -0.4 is 17.0 Å². The van der Waals surface area contributed by atoms with Crippen molar-refractivity contribution in [3.63, 3.8) is 0 Å². The van der Waals surface area contributed by atoms with E-state index < -0.39 is 46.8 Å². The second-order valence-electron chi connectivity index (χ2n) is 6.09. The number of carbonyl (C=O) groups is 3. The first-order valence-corrected chi connectivity index (χ1v) is 9.23. The lowest BCUT2D eigenvalue weighted by Crippen LogP contribution is -2.44. The van der Waals surface area contributed by atoms with Crippen molar-refractivity contribution in [2.75, 3.05) is 12.3 Å². The Labute approximate surface area is 182 Å². The standard InChI is InChI=1S/C16H10Cl4N4O5/c1-22-12(21)5(13(26)23(2)16(22)29)4(25)3-24-14(27)6-7(15(24)28)9(18)11(20)10(19)8(6)17/h3,21H2,1-2H3. The van der Waals surface area contributed by atoms with Gasteiger partial charge in [0.1, 0.15) is 11.4 Å². The number of aromatic nitrogens is 2. The number of hydrogen-bond donors (Lipinski definition) is 1. The Morgan fingerprint density at radius 2 is 1.28 bits per heavy atom. The number of Topliss-reactive ketones (excluding diaryl/α,β-unsaturated/α-hetero) is 1. The molecule has 0 spiro atoms. The van der Waals surface area contributed by atoms with Gasteiger partial charge in [-0.2, -0.15) is 0 Å². The molecule has 2 aromatic rings. The number of nitrogens with two attached hydrogens (primary N) is 1. The van der Waals surface area contributed by atoms with Crippen molar-refractivity contribution in [2.45, 2.75) is 0 Å². The molecule has 152 valence electrons. The molecule has 9 nitrogen and oxygen atoms in total. The third-order valence-electron chi connectivity index (χ3n) is 4.48. The topological polar surface area (TPSA) is 124 Å². The Balaban J connectivity index is 2.09. The first kappa shape index (κ1) is 21.4. The molecule has 0 unspecified atom stereocenters. The van der Waals surface area contributed by atoms with Crippen LogP contribution in [0.4, 0.5) is 5.82 Å². The molecule has 1 aliphatic heterocycles. The van der Waals surface area contributed by atoms with Gasteiger partial charge in [-0.25, -0.2) is 4.79 Å². The molecule has 0 radical (unpaired) electrons. The summed E-state index contributed by atoms with van der Waals surface area (Å²) < 4.78 is 1.57. The molecule has 2 heterocycles. The largest absolute Gasteiger partial charge is 0.384 e. The molecule has 0 aliphatic carbocycles. The molecule has 0 atom stereocenters. The number of amides is 2. The second-order valence-corrected chi connectivity index (χ2v) is 7.60. The molecule has 0 fully saturated rings. The van der Waals surface area contributed by atoms with E-state index in [1.807, 2.05) is 0 Å². The Morgan fingerprint density at radius 3 is 1.72 bits per heavy atom. The molecule has 0 saturated heterocycles. The number of fused-ring (bicyclic) bond motifs is 1. The fourth-order valence-corrected chi connectivity index (χ4v) is 3.90. The molecule has 1 aromatic heterocycles. The quantitative estimate of drug-likeness (QED) is 0.309. The van der Waals surface area contributed by atoms with E-state index >= 15 is 0 Å². The lowest BCUT2D eigenvalue weighted by Gasteiger charge is -2.15. The van der Waals surface area contributed by atoms with Crippen LogP contribution in [0, 0.1) is 0 Å². The molecule has 1 aromatic carbocycles. The van der Waals surface area contributed by atoms with Crippen LogP contribution in [-0.4, -0.2) is 38.2 Å². The van der Waals surface area contributed by atoms with Crippen LogP contribution in [-0.2, 0) is 14.1 Å². The van der Waals surface area contributed by atoms with Crippen molar-refractivity contribution in [1.29, 1.82) is 0 Å². The molecule has 3 rings (SSSR count). The molecule has 2 N–H and O–H groups in total. The molecule has 2 amide bonds. The second kappa shape index (κ2) is 7.17. The fraction of sp³-hybridized carbons (Fsp3) is 0.188. The van der Waals surface area contributed by atoms with Gasteiger partial charge in [0, 0.05) is 14.1 Å². The number of nitrogen functional groups attached to an aromatic ring is 1. The summed E-state index contributed by atoms with van der Waals surface area (Å²) in [5.41, 5.74) is 2.88. The van der Waals surface area contributed by atoms with Gasteiger partial charge in [0.05, 0.1) is 37.8 Å². The Kier molecular flexibility index (Phi) is 5.29. The van der Waals surface area contributed by atoms with Crippen LogP contribution in [0.15, 0.2) is 9.59 Å². The third kappa shape index (κ3) is 2.96. The summed E-state index contributed by atoms with van der Waals surface area (Å²) in [5, 5.41) is -1.02. The van der Waals surface area contributed by atoms with E-state index in [1.54, 1.807) is 0 Å². The summed E-state index contributed by atoms with van der Waals surface area (Å²) >= 11 is 23.9. The maximum Gasteiger partial charge on any atom is 0.332 e. The maximum absolute atomic E-state index is 12.7. The number of imide groups is 1. The fourth-order valence-electron chi connectivity index (χ4n) is 2.88. The number of ketones is 1. The molecule has 0 saturated carbocycles. The zero-order valence-electron chi connectivity index (χ0n) is 14.7. The number of hydrogen-bond acceptors (Lipinski definition) is 6. The van der Waals surface area contributed by atoms with Crippen LogP contribution >= 0.6 is 46.4 Å². The van der Waals surface area contributed by atoms with E-state index in [2.05, 4.69) is 0 Å². The van der Waals surface area contributed by atoms with E-state index in [-0.39, 0.29) is 31.2 Å². The Hall–Kier alpha value is -2.33. The zero-order chi connectivity index (χ0) is 21.9. The molecule has 0 bridgehead atoms. The summed E-state index contributed by atoms with van der Waals surface area (Å²) in [5.74, 6) is -3.24. The maximum atomic E-state index is 12.7. The molecular weight excluding hydrogens is 470 g/mol. The molecule has 29 heavy (non-hydrogen) atoms. The van der Waals surface area contributed by atoms with E-state index in [9.17, 15) is 24.0 Å². The van der Waals surface area contributed by atoms with Crippen molar-refractivity contribution in [3.8, 4) is 0 Å². The highest BCUT2D eigenvalue weighted by Crippen LogP contribution is 2.44. The van der Waals surface area contributed by atoms with Gasteiger partial charge in [-0.05, 0) is 0 Å². The van der Waals surface area contributed by atoms with Crippen LogP contribution in [0.3, 0.4) is 0 Å². The van der Waals surface area contributed by atoms with Crippen LogP contribution in [0.5, 0.6) is 0 Å². The van der Waals surface area contributed by atoms with E-state index in [4.69, 9.17) is 52.1 Å². The van der Waals surface area contributed by atoms with Crippen LogP contribution in [0.25, 0.3) is 0 Å². The highest BCUT2D eigenvalue weighted by atomic mass is 35.5. The Morgan fingerprint density at radius 1 is 0.828 bits per heavy atom. The minimum absolute atomic E-state index is 0.220. The van der Waals surface area contributed by atoms with Gasteiger partial charge >= 0.3 is 5.69 Å². The lowest BCUT2D eigenvalue weighted by molar-refractivity contribution is 0.0624. The summed E-state index contributed by atoms with van der Waals surface area (Å²) in [6, 6.07) is 0. The average molecular weight is 480 g/mol. The number of halogens is 4. The van der Waals surface area contributed by atoms with Gasteiger partial charge in [0.2, 0.25) is 0 Å². The zero-order valence-corrected chi connectivity index (χ0v) is 17.7. The molecule has 13 heteroatoms. The first-order valence-electron chi connectivity index (χ1n) is 7.72. The van der Waals surface area contributed by atoms with Gasteiger partial charge in [-0.15, -0.1) is 0 Å². The SMILES string of the molecule is Cn1c(N)c(C(=O)CN2C(=O)c3c(Cl)c(Cl)c(Cl)c(Cl)c3C2=O)c(=O)n(C)c1=O. The van der Waals surface area contributed by atoms with Gasteiger partial charge in [-0.1, -0.05) is 46.4 Å². The van der Waals surface area contributed by atoms with Gasteiger partial charge in [-0.3, -0.25) is 33.2 Å². The summed E-state index contributed by atoms with van der Waals surface area (Å²) in [6.45, 7) is -0.841. The number of nitrogens with zero attached hydrogens (tertiary/aromatic N) is 3. The van der Waals surface area contributed by atoms with Crippen molar-refractivity contribution in [2.24, 2.45) is 14.1 Å². The van der Waals surface area contributed by atoms with E-state index in [1.165, 1.54) is 7.05 Å².